The normalized spacial score (nSPS) is 24.4. The van der Waals surface area contributed by atoms with Crippen molar-refractivity contribution in [3.8, 4) is 0 Å². The van der Waals surface area contributed by atoms with Gasteiger partial charge in [-0.25, -0.2) is 8.78 Å². The zero-order valence-electron chi connectivity index (χ0n) is 14.0. The Morgan fingerprint density at radius 2 is 1.80 bits per heavy atom. The number of rotatable bonds is 5. The van der Waals surface area contributed by atoms with Crippen molar-refractivity contribution in [2.45, 2.75) is 32.9 Å². The molecule has 0 aromatic carbocycles. The van der Waals surface area contributed by atoms with Gasteiger partial charge in [0, 0.05) is 11.8 Å². The minimum absolute atomic E-state index is 0.421. The van der Waals surface area contributed by atoms with Gasteiger partial charge in [-0.3, -0.25) is 14.6 Å². The molecule has 10 heteroatoms. The van der Waals surface area contributed by atoms with Crippen molar-refractivity contribution < 1.29 is 31.5 Å². The van der Waals surface area contributed by atoms with Gasteiger partial charge in [0.05, 0.1) is 11.6 Å². The first kappa shape index (κ1) is 22.1. The fourth-order valence-electron chi connectivity index (χ4n) is 3.01. The summed E-state index contributed by atoms with van der Waals surface area (Å²) in [6.45, 7) is 2.95. The SMILES string of the molecule is CSC(=O)C1=CN=C(C(F)F)C(C(=O)SC)C1(CC(C)C)C(F)(F)F. The number of aliphatic imine (C=N–C) groups is 1. The van der Waals surface area contributed by atoms with Crippen LogP contribution in [0, 0.1) is 17.3 Å². The highest BCUT2D eigenvalue weighted by Crippen LogP contribution is 2.57. The number of carbonyl (C=O) groups is 2. The van der Waals surface area contributed by atoms with Crippen LogP contribution in [0.25, 0.3) is 0 Å². The van der Waals surface area contributed by atoms with E-state index in [-0.39, 0.29) is 0 Å². The second-order valence-corrected chi connectivity index (χ2v) is 7.50. The lowest BCUT2D eigenvalue weighted by molar-refractivity contribution is -0.225. The summed E-state index contributed by atoms with van der Waals surface area (Å²) in [5, 5.41) is -2.02. The molecular formula is C15H18F5NO2S2. The molecule has 0 saturated carbocycles. The van der Waals surface area contributed by atoms with Crippen LogP contribution < -0.4 is 0 Å². The molecule has 0 amide bonds. The number of carbonyl (C=O) groups excluding carboxylic acids is 2. The summed E-state index contributed by atoms with van der Waals surface area (Å²) in [6.07, 6.45) is -6.02. The minimum atomic E-state index is -5.08. The van der Waals surface area contributed by atoms with Crippen LogP contribution in [-0.2, 0) is 9.59 Å². The second-order valence-electron chi connectivity index (χ2n) is 5.91. The van der Waals surface area contributed by atoms with Crippen LogP contribution in [0.4, 0.5) is 22.0 Å². The number of hydrogen-bond donors (Lipinski definition) is 0. The van der Waals surface area contributed by atoms with Gasteiger partial charge in [0.25, 0.3) is 6.43 Å². The van der Waals surface area contributed by atoms with E-state index in [0.29, 0.717) is 29.7 Å². The summed E-state index contributed by atoms with van der Waals surface area (Å²) in [4.78, 5) is 27.8. The van der Waals surface area contributed by atoms with Crippen molar-refractivity contribution in [2.24, 2.45) is 22.2 Å². The molecule has 0 aliphatic carbocycles. The Labute approximate surface area is 150 Å². The molecule has 0 fully saturated rings. The van der Waals surface area contributed by atoms with E-state index in [2.05, 4.69) is 4.99 Å². The van der Waals surface area contributed by atoms with Crippen molar-refractivity contribution in [1.29, 1.82) is 0 Å². The maximum absolute atomic E-state index is 14.2. The Kier molecular flexibility index (Phi) is 7.26. The fourth-order valence-corrected chi connectivity index (χ4v) is 4.02. The van der Waals surface area contributed by atoms with E-state index in [0.717, 1.165) is 0 Å². The smallest absolute Gasteiger partial charge is 0.286 e. The van der Waals surface area contributed by atoms with Crippen molar-refractivity contribution in [3.63, 3.8) is 0 Å². The molecule has 0 radical (unpaired) electrons. The molecule has 0 aromatic heterocycles. The van der Waals surface area contributed by atoms with Gasteiger partial charge in [0.1, 0.15) is 5.41 Å². The summed E-state index contributed by atoms with van der Waals surface area (Å²) < 4.78 is 69.4. The van der Waals surface area contributed by atoms with Crippen LogP contribution in [0.2, 0.25) is 0 Å². The Morgan fingerprint density at radius 1 is 1.24 bits per heavy atom. The lowest BCUT2D eigenvalue weighted by atomic mass is 9.63. The van der Waals surface area contributed by atoms with Gasteiger partial charge in [0.15, 0.2) is 5.12 Å². The zero-order chi connectivity index (χ0) is 19.6. The first-order valence-corrected chi connectivity index (χ1v) is 9.68. The fraction of sp³-hybridized carbons (Fsp3) is 0.667. The topological polar surface area (TPSA) is 46.5 Å². The summed E-state index contributed by atoms with van der Waals surface area (Å²) in [5.41, 5.74) is -4.91. The second kappa shape index (κ2) is 8.20. The van der Waals surface area contributed by atoms with E-state index in [4.69, 9.17) is 0 Å². The minimum Gasteiger partial charge on any atom is -0.286 e. The molecule has 0 aromatic rings. The van der Waals surface area contributed by atoms with Gasteiger partial charge in [-0.2, -0.15) is 13.2 Å². The average molecular weight is 403 g/mol. The molecule has 1 aliphatic heterocycles. The third-order valence-electron chi connectivity index (χ3n) is 3.91. The van der Waals surface area contributed by atoms with Gasteiger partial charge in [-0.1, -0.05) is 37.4 Å². The quantitative estimate of drug-likeness (QED) is 0.631. The maximum Gasteiger partial charge on any atom is 0.399 e. The summed E-state index contributed by atoms with van der Waals surface area (Å²) in [5.74, 6) is -2.84. The Bertz CT molecular complexity index is 601. The molecule has 25 heavy (non-hydrogen) atoms. The number of nitrogens with zero attached hydrogens (tertiary/aromatic N) is 1. The molecule has 2 atom stereocenters. The molecule has 2 unspecified atom stereocenters. The number of hydrogen-bond acceptors (Lipinski definition) is 5. The average Bonchev–Trinajstić information content (AvgIpc) is 2.50. The molecule has 0 N–H and O–H groups in total. The first-order chi connectivity index (χ1) is 11.4. The Balaban J connectivity index is 3.86. The lowest BCUT2D eigenvalue weighted by Gasteiger charge is -2.44. The molecule has 0 bridgehead atoms. The number of thioether (sulfide) groups is 2. The van der Waals surface area contributed by atoms with Gasteiger partial charge < -0.3 is 0 Å². The zero-order valence-corrected chi connectivity index (χ0v) is 15.6. The summed E-state index contributed by atoms with van der Waals surface area (Å²) >= 11 is 0.947. The van der Waals surface area contributed by atoms with Gasteiger partial charge in [0.2, 0.25) is 5.12 Å². The van der Waals surface area contributed by atoms with Gasteiger partial charge in [-0.05, 0) is 24.9 Å². The predicted molar refractivity (Wildman–Crippen MR) is 90.0 cm³/mol. The van der Waals surface area contributed by atoms with Crippen molar-refractivity contribution in [3.05, 3.63) is 11.8 Å². The molecular weight excluding hydrogens is 385 g/mol. The molecule has 3 nitrogen and oxygen atoms in total. The molecule has 1 heterocycles. The molecule has 142 valence electrons. The van der Waals surface area contributed by atoms with Gasteiger partial charge >= 0.3 is 6.18 Å². The van der Waals surface area contributed by atoms with E-state index in [1.807, 2.05) is 0 Å². The Hall–Kier alpha value is -0.900. The van der Waals surface area contributed by atoms with Crippen molar-refractivity contribution in [1.82, 2.24) is 0 Å². The van der Waals surface area contributed by atoms with Crippen molar-refractivity contribution >= 4 is 39.5 Å². The van der Waals surface area contributed by atoms with E-state index in [1.165, 1.54) is 26.4 Å². The maximum atomic E-state index is 14.2. The molecule has 1 rings (SSSR count). The number of halogens is 5. The Morgan fingerprint density at radius 3 is 2.16 bits per heavy atom. The molecule has 1 aliphatic rings. The lowest BCUT2D eigenvalue weighted by Crippen LogP contribution is -2.55. The first-order valence-electron chi connectivity index (χ1n) is 7.23. The van der Waals surface area contributed by atoms with E-state index < -0.39 is 57.8 Å². The highest BCUT2D eigenvalue weighted by Gasteiger charge is 2.67. The van der Waals surface area contributed by atoms with Crippen LogP contribution in [0.3, 0.4) is 0 Å². The largest absolute Gasteiger partial charge is 0.399 e. The third kappa shape index (κ3) is 4.10. The van der Waals surface area contributed by atoms with E-state index in [9.17, 15) is 31.5 Å². The summed E-state index contributed by atoms with van der Waals surface area (Å²) in [6, 6.07) is 0. The van der Waals surface area contributed by atoms with Gasteiger partial charge in [-0.15, -0.1) is 0 Å². The van der Waals surface area contributed by atoms with E-state index >= 15 is 0 Å². The van der Waals surface area contributed by atoms with Crippen LogP contribution in [0.1, 0.15) is 20.3 Å². The van der Waals surface area contributed by atoms with Crippen LogP contribution in [0.15, 0.2) is 16.8 Å². The van der Waals surface area contributed by atoms with Crippen LogP contribution in [-0.4, -0.2) is 41.1 Å². The summed E-state index contributed by atoms with van der Waals surface area (Å²) in [7, 11) is 0. The predicted octanol–water partition coefficient (Wildman–Crippen LogP) is 4.58. The third-order valence-corrected chi connectivity index (χ3v) is 5.14. The molecule has 0 saturated heterocycles. The number of alkyl halides is 5. The molecule has 0 spiro atoms. The standard InChI is InChI=1S/C15H18F5NO2S2/c1-7(2)5-14(15(18,19)20)8(12(22)24-3)6-21-10(11(16)17)9(14)13(23)25-4/h6-7,9,11H,5H2,1-4H3. The van der Waals surface area contributed by atoms with Crippen LogP contribution >= 0.6 is 23.5 Å². The van der Waals surface area contributed by atoms with E-state index in [1.54, 1.807) is 0 Å². The monoisotopic (exact) mass is 403 g/mol. The van der Waals surface area contributed by atoms with Crippen LogP contribution in [0.5, 0.6) is 0 Å². The van der Waals surface area contributed by atoms with Crippen molar-refractivity contribution in [2.75, 3.05) is 12.5 Å². The highest BCUT2D eigenvalue weighted by molar-refractivity contribution is 8.13. The highest BCUT2D eigenvalue weighted by atomic mass is 32.2.